The summed E-state index contributed by atoms with van der Waals surface area (Å²) in [5.41, 5.74) is 5.34. The van der Waals surface area contributed by atoms with E-state index in [1.54, 1.807) is 0 Å². The molecule has 0 saturated heterocycles. The number of Topliss-reactive ketones (excluding diaryl/α,β-unsaturated/α-hetero) is 1. The lowest BCUT2D eigenvalue weighted by molar-refractivity contribution is -0.126. The molecular formula is C26H50N8O2S. The molecule has 0 saturated carbocycles. The third-order valence-electron chi connectivity index (χ3n) is 6.26. The van der Waals surface area contributed by atoms with Crippen molar-refractivity contribution in [3.05, 3.63) is 0 Å². The lowest BCUT2D eigenvalue weighted by Crippen LogP contribution is -2.43. The third kappa shape index (κ3) is 13.4. The molecular weight excluding hydrogens is 488 g/mol. The number of amides is 1. The predicted molar refractivity (Wildman–Crippen MR) is 154 cm³/mol. The highest BCUT2D eigenvalue weighted by Crippen LogP contribution is 2.26. The van der Waals surface area contributed by atoms with Crippen LogP contribution < -0.4 is 27.0 Å². The minimum atomic E-state index is -0.439. The first kappa shape index (κ1) is 33.0. The van der Waals surface area contributed by atoms with E-state index in [9.17, 15) is 9.59 Å². The van der Waals surface area contributed by atoms with Crippen LogP contribution in [0.15, 0.2) is 5.16 Å². The Hall–Kier alpha value is -1.98. The molecule has 0 bridgehead atoms. The zero-order valence-electron chi connectivity index (χ0n) is 24.0. The van der Waals surface area contributed by atoms with Crippen LogP contribution in [-0.4, -0.2) is 70.7 Å². The molecule has 1 rings (SSSR count). The molecule has 37 heavy (non-hydrogen) atoms. The molecule has 0 aromatic carbocycles. The van der Waals surface area contributed by atoms with Gasteiger partial charge in [0.2, 0.25) is 17.8 Å². The number of carbonyl (C=O) groups excluding carboxylic acids is 2. The minimum Gasteiger partial charge on any atom is -0.355 e. The molecule has 10 nitrogen and oxygen atoms in total. The summed E-state index contributed by atoms with van der Waals surface area (Å²) < 4.78 is 0. The van der Waals surface area contributed by atoms with Gasteiger partial charge in [-0.1, -0.05) is 59.7 Å². The van der Waals surface area contributed by atoms with Crippen molar-refractivity contribution in [3.63, 3.8) is 0 Å². The number of hydrogen-bond donors (Lipinski definition) is 5. The fraction of sp³-hybridized carbons (Fsp3) is 0.808. The van der Waals surface area contributed by atoms with Gasteiger partial charge in [-0.15, -0.1) is 0 Å². The van der Waals surface area contributed by atoms with Crippen molar-refractivity contribution in [1.82, 2.24) is 25.6 Å². The molecule has 1 amide bonds. The van der Waals surface area contributed by atoms with Crippen LogP contribution in [0.25, 0.3) is 0 Å². The molecule has 212 valence electrons. The van der Waals surface area contributed by atoms with Crippen molar-refractivity contribution in [2.75, 3.05) is 49.1 Å². The Morgan fingerprint density at radius 2 is 1.65 bits per heavy atom. The second-order valence-electron chi connectivity index (χ2n) is 10.8. The summed E-state index contributed by atoms with van der Waals surface area (Å²) in [5.74, 6) is 1.60. The van der Waals surface area contributed by atoms with Crippen molar-refractivity contribution in [2.45, 2.75) is 91.3 Å². The summed E-state index contributed by atoms with van der Waals surface area (Å²) in [4.78, 5) is 38.2. The zero-order chi connectivity index (χ0) is 27.9. The van der Waals surface area contributed by atoms with E-state index in [-0.39, 0.29) is 36.3 Å². The smallest absolute Gasteiger partial charge is 0.239 e. The molecule has 0 radical (unpaired) electrons. The van der Waals surface area contributed by atoms with E-state index in [4.69, 9.17) is 5.73 Å². The largest absolute Gasteiger partial charge is 0.355 e. The second-order valence-corrected chi connectivity index (χ2v) is 11.9. The number of aromatic nitrogens is 3. The standard InChI is InChI=1S/C26H50N8O2S/c1-8-11-26(7,9-2)31-14-10-13-28-21(36)18-30-23-32-22(33-24(34-23)37-15-12-27)29-17-20(35)25(5,6)16-19(3)4/h19,31H,8-18,27H2,1-7H3,(H,28,36)(H2,29,30,32,33,34). The quantitative estimate of drug-likeness (QED) is 0.123. The Kier molecular flexibility index (Phi) is 15.0. The molecule has 0 spiro atoms. The van der Waals surface area contributed by atoms with Crippen molar-refractivity contribution in [3.8, 4) is 0 Å². The Bertz CT molecular complexity index is 837. The molecule has 0 aliphatic rings. The van der Waals surface area contributed by atoms with Crippen LogP contribution in [0, 0.1) is 11.3 Å². The highest BCUT2D eigenvalue weighted by molar-refractivity contribution is 7.99. The van der Waals surface area contributed by atoms with Gasteiger partial charge in [0.1, 0.15) is 0 Å². The fourth-order valence-corrected chi connectivity index (χ4v) is 4.74. The minimum absolute atomic E-state index is 0.0424. The van der Waals surface area contributed by atoms with Gasteiger partial charge in [0, 0.05) is 29.8 Å². The summed E-state index contributed by atoms with van der Waals surface area (Å²) in [5, 5.41) is 13.0. The monoisotopic (exact) mass is 538 g/mol. The van der Waals surface area contributed by atoms with E-state index >= 15 is 0 Å². The average Bonchev–Trinajstić information content (AvgIpc) is 2.83. The molecule has 6 N–H and O–H groups in total. The summed E-state index contributed by atoms with van der Waals surface area (Å²) in [7, 11) is 0. The molecule has 1 heterocycles. The van der Waals surface area contributed by atoms with Gasteiger partial charge in [-0.05, 0) is 45.1 Å². The summed E-state index contributed by atoms with van der Waals surface area (Å²) in [6, 6.07) is 0. The van der Waals surface area contributed by atoms with E-state index in [1.807, 2.05) is 13.8 Å². The first-order valence-corrected chi connectivity index (χ1v) is 14.5. The average molecular weight is 539 g/mol. The summed E-state index contributed by atoms with van der Waals surface area (Å²) >= 11 is 1.40. The molecule has 11 heteroatoms. The van der Waals surface area contributed by atoms with Gasteiger partial charge in [-0.2, -0.15) is 15.0 Å². The maximum Gasteiger partial charge on any atom is 0.239 e. The molecule has 1 aromatic rings. The number of thioether (sulfide) groups is 1. The number of nitrogens with one attached hydrogen (secondary N) is 4. The molecule has 1 unspecified atom stereocenters. The maximum absolute atomic E-state index is 12.8. The number of hydrogen-bond acceptors (Lipinski definition) is 10. The van der Waals surface area contributed by atoms with Gasteiger partial charge >= 0.3 is 0 Å². The van der Waals surface area contributed by atoms with Crippen molar-refractivity contribution < 1.29 is 9.59 Å². The molecule has 0 fully saturated rings. The van der Waals surface area contributed by atoms with Crippen LogP contribution in [0.4, 0.5) is 11.9 Å². The number of ketones is 1. The van der Waals surface area contributed by atoms with E-state index in [2.05, 4.69) is 70.8 Å². The van der Waals surface area contributed by atoms with E-state index < -0.39 is 5.41 Å². The lowest BCUT2D eigenvalue weighted by atomic mass is 9.80. The Morgan fingerprint density at radius 3 is 2.22 bits per heavy atom. The highest BCUT2D eigenvalue weighted by atomic mass is 32.2. The molecule has 1 atom stereocenters. The van der Waals surface area contributed by atoms with Gasteiger partial charge in [0.25, 0.3) is 0 Å². The van der Waals surface area contributed by atoms with Gasteiger partial charge in [-0.3, -0.25) is 9.59 Å². The van der Waals surface area contributed by atoms with E-state index in [1.165, 1.54) is 11.8 Å². The van der Waals surface area contributed by atoms with Crippen LogP contribution >= 0.6 is 11.8 Å². The number of anilines is 2. The lowest BCUT2D eigenvalue weighted by Gasteiger charge is -2.29. The normalized spacial score (nSPS) is 13.3. The van der Waals surface area contributed by atoms with Crippen LogP contribution in [0.1, 0.15) is 80.6 Å². The van der Waals surface area contributed by atoms with Crippen LogP contribution in [-0.2, 0) is 9.59 Å². The second kappa shape index (κ2) is 16.8. The van der Waals surface area contributed by atoms with Crippen LogP contribution in [0.3, 0.4) is 0 Å². The van der Waals surface area contributed by atoms with Crippen LogP contribution in [0.2, 0.25) is 0 Å². The van der Waals surface area contributed by atoms with Crippen molar-refractivity contribution >= 4 is 35.3 Å². The van der Waals surface area contributed by atoms with Gasteiger partial charge in [-0.25, -0.2) is 0 Å². The fourth-order valence-electron chi connectivity index (χ4n) is 4.13. The topological polar surface area (TPSA) is 147 Å². The third-order valence-corrected chi connectivity index (χ3v) is 7.14. The molecule has 1 aromatic heterocycles. The number of rotatable bonds is 20. The van der Waals surface area contributed by atoms with E-state index in [0.29, 0.717) is 35.9 Å². The highest BCUT2D eigenvalue weighted by Gasteiger charge is 2.28. The Balaban J connectivity index is 2.62. The van der Waals surface area contributed by atoms with Crippen molar-refractivity contribution in [2.24, 2.45) is 17.1 Å². The first-order valence-electron chi connectivity index (χ1n) is 13.6. The predicted octanol–water partition coefficient (Wildman–Crippen LogP) is 3.45. The van der Waals surface area contributed by atoms with E-state index in [0.717, 1.165) is 38.6 Å². The van der Waals surface area contributed by atoms with Crippen molar-refractivity contribution in [1.29, 1.82) is 0 Å². The number of carbonyl (C=O) groups is 2. The van der Waals surface area contributed by atoms with Gasteiger partial charge in [0.15, 0.2) is 10.9 Å². The maximum atomic E-state index is 12.8. The summed E-state index contributed by atoms with van der Waals surface area (Å²) in [6.45, 7) is 16.9. The Morgan fingerprint density at radius 1 is 1.00 bits per heavy atom. The Labute approximate surface area is 227 Å². The molecule has 0 aliphatic carbocycles. The molecule has 0 aliphatic heterocycles. The first-order chi connectivity index (χ1) is 17.4. The SMILES string of the molecule is CCCC(C)(CC)NCCCNC(=O)CNc1nc(NCC(=O)C(C)(C)CC(C)C)nc(SCCN)n1. The number of nitrogens with two attached hydrogens (primary N) is 1. The van der Waals surface area contributed by atoms with Gasteiger partial charge < -0.3 is 27.0 Å². The zero-order valence-corrected chi connectivity index (χ0v) is 24.8. The number of nitrogens with zero attached hydrogens (tertiary/aromatic N) is 3. The van der Waals surface area contributed by atoms with Gasteiger partial charge in [0.05, 0.1) is 13.1 Å². The summed E-state index contributed by atoms with van der Waals surface area (Å²) in [6.07, 6.45) is 5.02. The van der Waals surface area contributed by atoms with Crippen LogP contribution in [0.5, 0.6) is 0 Å².